The lowest BCUT2D eigenvalue weighted by molar-refractivity contribution is -0.117. The van der Waals surface area contributed by atoms with Gasteiger partial charge in [-0.1, -0.05) is 60.3 Å². The molecule has 0 aliphatic rings. The first-order valence-corrected chi connectivity index (χ1v) is 12.4. The van der Waals surface area contributed by atoms with Gasteiger partial charge in [0, 0.05) is 22.6 Å². The average Bonchev–Trinajstić information content (AvgIpc) is 2.89. The van der Waals surface area contributed by atoms with Crippen molar-refractivity contribution in [2.75, 3.05) is 13.2 Å². The molecule has 4 aromatic carbocycles. The molecule has 4 rings (SSSR count). The van der Waals surface area contributed by atoms with Gasteiger partial charge in [0.05, 0.1) is 5.56 Å². The van der Waals surface area contributed by atoms with Gasteiger partial charge < -0.3 is 14.6 Å². The highest BCUT2D eigenvalue weighted by molar-refractivity contribution is 7.99. The van der Waals surface area contributed by atoms with Crippen LogP contribution in [0.4, 0.5) is 0 Å². The van der Waals surface area contributed by atoms with E-state index < -0.39 is 5.97 Å². The second-order valence-corrected chi connectivity index (χ2v) is 9.23. The van der Waals surface area contributed by atoms with Crippen molar-refractivity contribution < 1.29 is 24.2 Å². The Morgan fingerprint density at radius 3 is 1.83 bits per heavy atom. The summed E-state index contributed by atoms with van der Waals surface area (Å²) in [5, 5.41) is 9.30. The number of aromatic carboxylic acids is 1. The smallest absolute Gasteiger partial charge is 0.335 e. The van der Waals surface area contributed by atoms with Crippen molar-refractivity contribution in [2.45, 2.75) is 22.6 Å². The maximum atomic E-state index is 12.5. The van der Waals surface area contributed by atoms with Crippen LogP contribution in [0.3, 0.4) is 0 Å². The molecule has 0 aliphatic heterocycles. The summed E-state index contributed by atoms with van der Waals surface area (Å²) in [5.74, 6) is 0.575. The number of ether oxygens (including phenoxy) is 2. The maximum absolute atomic E-state index is 12.5. The quantitative estimate of drug-likeness (QED) is 0.230. The van der Waals surface area contributed by atoms with Crippen LogP contribution >= 0.6 is 11.8 Å². The molecule has 182 valence electrons. The van der Waals surface area contributed by atoms with Gasteiger partial charge in [-0.3, -0.25) is 4.79 Å². The highest BCUT2D eigenvalue weighted by Crippen LogP contribution is 2.29. The van der Waals surface area contributed by atoms with Gasteiger partial charge in [0.2, 0.25) is 0 Å². The predicted octanol–water partition coefficient (Wildman–Crippen LogP) is 6.35. The fourth-order valence-electron chi connectivity index (χ4n) is 3.64. The molecular formula is C30H26O5S. The number of rotatable bonds is 12. The number of carbonyl (C=O) groups excluding carboxylic acids is 1. The zero-order valence-electron chi connectivity index (χ0n) is 19.6. The van der Waals surface area contributed by atoms with Crippen molar-refractivity contribution >= 4 is 23.5 Å². The number of carbonyl (C=O) groups is 2. The molecule has 0 amide bonds. The van der Waals surface area contributed by atoms with Gasteiger partial charge in [-0.15, -0.1) is 0 Å². The van der Waals surface area contributed by atoms with Crippen molar-refractivity contribution in [3.63, 3.8) is 0 Å². The Bertz CT molecular complexity index is 1290. The molecular weight excluding hydrogens is 472 g/mol. The minimum Gasteiger partial charge on any atom is -0.490 e. The summed E-state index contributed by atoms with van der Waals surface area (Å²) in [6.07, 6.45) is 0.366. The Labute approximate surface area is 214 Å². The van der Waals surface area contributed by atoms with Gasteiger partial charge in [-0.05, 0) is 65.7 Å². The summed E-state index contributed by atoms with van der Waals surface area (Å²) >= 11 is 1.63. The van der Waals surface area contributed by atoms with Crippen molar-refractivity contribution in [1.82, 2.24) is 0 Å². The molecule has 36 heavy (non-hydrogen) atoms. The summed E-state index contributed by atoms with van der Waals surface area (Å²) < 4.78 is 11.4. The molecule has 0 saturated heterocycles. The van der Waals surface area contributed by atoms with E-state index in [1.807, 2.05) is 78.9 Å². The summed E-state index contributed by atoms with van der Waals surface area (Å²) in [6, 6.07) is 32.0. The van der Waals surface area contributed by atoms with Crippen LogP contribution in [0.15, 0.2) is 113 Å². The van der Waals surface area contributed by atoms with Crippen LogP contribution in [0, 0.1) is 0 Å². The van der Waals surface area contributed by atoms with Gasteiger partial charge >= 0.3 is 5.97 Å². The summed E-state index contributed by atoms with van der Waals surface area (Å²) in [6.45, 7) is 0.935. The number of benzene rings is 4. The molecule has 0 aliphatic carbocycles. The van der Waals surface area contributed by atoms with Gasteiger partial charge in [0.25, 0.3) is 0 Å². The lowest BCUT2D eigenvalue weighted by Gasteiger charge is -2.09. The van der Waals surface area contributed by atoms with E-state index in [-0.39, 0.29) is 24.2 Å². The van der Waals surface area contributed by atoms with Crippen molar-refractivity contribution in [2.24, 2.45) is 0 Å². The van der Waals surface area contributed by atoms with Gasteiger partial charge in [-0.2, -0.15) is 0 Å². The molecule has 0 spiro atoms. The summed E-state index contributed by atoms with van der Waals surface area (Å²) in [4.78, 5) is 26.0. The number of ketones is 1. The highest BCUT2D eigenvalue weighted by atomic mass is 32.2. The number of hydrogen-bond acceptors (Lipinski definition) is 5. The molecule has 4 aromatic rings. The molecule has 6 heteroatoms. The zero-order valence-corrected chi connectivity index (χ0v) is 20.4. The third-order valence-electron chi connectivity index (χ3n) is 5.38. The monoisotopic (exact) mass is 498 g/mol. The predicted molar refractivity (Wildman–Crippen MR) is 140 cm³/mol. The lowest BCUT2D eigenvalue weighted by Crippen LogP contribution is -2.10. The lowest BCUT2D eigenvalue weighted by atomic mass is 9.99. The third-order valence-corrected chi connectivity index (χ3v) is 6.40. The maximum Gasteiger partial charge on any atom is 0.335 e. The summed E-state index contributed by atoms with van der Waals surface area (Å²) in [5.41, 5.74) is 1.62. The second kappa shape index (κ2) is 12.6. The number of Topliss-reactive ketones (excluding diaryl/α,β-unsaturated/α-hetero) is 1. The number of hydrogen-bond donors (Lipinski definition) is 1. The van der Waals surface area contributed by atoms with Gasteiger partial charge in [0.15, 0.2) is 0 Å². The fourth-order valence-corrected chi connectivity index (χ4v) is 4.45. The van der Waals surface area contributed by atoms with E-state index >= 15 is 0 Å². The van der Waals surface area contributed by atoms with Crippen LogP contribution in [0.2, 0.25) is 0 Å². The first-order chi connectivity index (χ1) is 17.6. The number of carboxylic acid groups (broad SMARTS) is 1. The SMILES string of the molecule is O=C(Cc1ccc(Sc2ccc(OCCOc3ccccc3)cc2)cc1)Cc1ccccc1C(=O)O. The molecule has 0 radical (unpaired) electrons. The van der Waals surface area contributed by atoms with E-state index in [4.69, 9.17) is 9.47 Å². The van der Waals surface area contributed by atoms with Crippen LogP contribution in [0.25, 0.3) is 0 Å². The molecule has 0 aromatic heterocycles. The molecule has 0 unspecified atom stereocenters. The van der Waals surface area contributed by atoms with E-state index in [1.165, 1.54) is 6.07 Å². The molecule has 0 bridgehead atoms. The van der Waals surface area contributed by atoms with E-state index in [2.05, 4.69) is 0 Å². The second-order valence-electron chi connectivity index (χ2n) is 8.08. The number of carboxylic acids is 1. The first-order valence-electron chi connectivity index (χ1n) is 11.6. The van der Waals surface area contributed by atoms with Crippen LogP contribution < -0.4 is 9.47 Å². The zero-order chi connectivity index (χ0) is 25.2. The molecule has 0 fully saturated rings. The van der Waals surface area contributed by atoms with Crippen LogP contribution in [0.1, 0.15) is 21.5 Å². The molecule has 0 atom stereocenters. The molecule has 5 nitrogen and oxygen atoms in total. The standard InChI is InChI=1S/C30H26O5S/c31-24(21-23-6-4-5-9-29(23)30(32)33)20-22-10-14-27(15-11-22)36-28-16-12-26(13-17-28)35-19-18-34-25-7-2-1-3-8-25/h1-17H,18-21H2,(H,32,33). The van der Waals surface area contributed by atoms with Gasteiger partial charge in [0.1, 0.15) is 30.5 Å². The van der Waals surface area contributed by atoms with Crippen molar-refractivity contribution in [1.29, 1.82) is 0 Å². The minimum absolute atomic E-state index is 0.0196. The van der Waals surface area contributed by atoms with Gasteiger partial charge in [-0.25, -0.2) is 4.79 Å². The first kappa shape index (κ1) is 25.1. The van der Waals surface area contributed by atoms with E-state index in [1.54, 1.807) is 30.0 Å². The topological polar surface area (TPSA) is 72.8 Å². The third kappa shape index (κ3) is 7.48. The van der Waals surface area contributed by atoms with E-state index in [0.717, 1.165) is 26.9 Å². The van der Waals surface area contributed by atoms with Crippen LogP contribution in [0.5, 0.6) is 11.5 Å². The molecule has 0 heterocycles. The van der Waals surface area contributed by atoms with Crippen LogP contribution in [-0.2, 0) is 17.6 Å². The Morgan fingerprint density at radius 2 is 1.19 bits per heavy atom. The number of para-hydroxylation sites is 1. The minimum atomic E-state index is -1.02. The largest absolute Gasteiger partial charge is 0.490 e. The normalized spacial score (nSPS) is 10.6. The summed E-state index contributed by atoms with van der Waals surface area (Å²) in [7, 11) is 0. The Kier molecular flexibility index (Phi) is 8.78. The highest BCUT2D eigenvalue weighted by Gasteiger charge is 2.13. The van der Waals surface area contributed by atoms with Crippen molar-refractivity contribution in [3.8, 4) is 11.5 Å². The van der Waals surface area contributed by atoms with Crippen LogP contribution in [-0.4, -0.2) is 30.1 Å². The van der Waals surface area contributed by atoms with E-state index in [0.29, 0.717) is 18.8 Å². The molecule has 1 N–H and O–H groups in total. The fraction of sp³-hybridized carbons (Fsp3) is 0.133. The van der Waals surface area contributed by atoms with E-state index in [9.17, 15) is 14.7 Å². The Hall–Kier alpha value is -4.03. The Balaban J connectivity index is 1.23. The Morgan fingerprint density at radius 1 is 0.639 bits per heavy atom. The molecule has 0 saturated carbocycles. The average molecular weight is 499 g/mol. The van der Waals surface area contributed by atoms with Crippen molar-refractivity contribution in [3.05, 3.63) is 120 Å².